The number of halogens is 1. The summed E-state index contributed by atoms with van der Waals surface area (Å²) in [6, 6.07) is -0.120. The number of hydrogen-bond donors (Lipinski definition) is 2. The molecule has 0 radical (unpaired) electrons. The van der Waals surface area contributed by atoms with Crippen molar-refractivity contribution in [2.45, 2.75) is 31.7 Å². The van der Waals surface area contributed by atoms with Crippen molar-refractivity contribution in [3.8, 4) is 0 Å². The second-order valence-electron chi connectivity index (χ2n) is 3.04. The zero-order valence-electron chi connectivity index (χ0n) is 6.32. The van der Waals surface area contributed by atoms with E-state index in [0.717, 1.165) is 12.3 Å². The van der Waals surface area contributed by atoms with Crippen molar-refractivity contribution in [1.82, 2.24) is 0 Å². The molecule has 0 aromatic rings. The zero-order valence-corrected chi connectivity index (χ0v) is 7.14. The average molecular weight is 180 g/mol. The topological polar surface area (TPSA) is 63.3 Å². The molecule has 0 amide bonds. The van der Waals surface area contributed by atoms with Crippen LogP contribution in [-0.2, 0) is 4.79 Å². The van der Waals surface area contributed by atoms with E-state index >= 15 is 0 Å². The maximum atomic E-state index is 10.1. The molecule has 1 saturated carbocycles. The van der Waals surface area contributed by atoms with Crippen LogP contribution in [0.5, 0.6) is 0 Å². The molecule has 0 aromatic heterocycles. The molecule has 1 rings (SSSR count). The number of rotatable bonds is 4. The quantitative estimate of drug-likeness (QED) is 0.677. The van der Waals surface area contributed by atoms with E-state index in [4.69, 9.17) is 10.8 Å². The number of carbonyl (C=O) groups is 1. The van der Waals surface area contributed by atoms with Gasteiger partial charge in [-0.1, -0.05) is 12.8 Å². The van der Waals surface area contributed by atoms with E-state index in [9.17, 15) is 4.79 Å². The minimum Gasteiger partial charge on any atom is -0.481 e. The van der Waals surface area contributed by atoms with E-state index in [2.05, 4.69) is 0 Å². The van der Waals surface area contributed by atoms with Crippen molar-refractivity contribution in [2.75, 3.05) is 0 Å². The van der Waals surface area contributed by atoms with Crippen LogP contribution in [0.25, 0.3) is 0 Å². The van der Waals surface area contributed by atoms with E-state index in [1.807, 2.05) is 0 Å². The summed E-state index contributed by atoms with van der Waals surface area (Å²) in [4.78, 5) is 10.1. The molecule has 0 aliphatic heterocycles. The lowest BCUT2D eigenvalue weighted by molar-refractivity contribution is -0.137. The molecule has 1 aliphatic rings. The number of aliphatic carboxylic acids is 1. The lowest BCUT2D eigenvalue weighted by Crippen LogP contribution is -2.23. The van der Waals surface area contributed by atoms with Crippen molar-refractivity contribution in [2.24, 2.45) is 11.7 Å². The molecule has 0 bridgehead atoms. The fraction of sp³-hybridized carbons (Fsp3) is 0.857. The van der Waals surface area contributed by atoms with E-state index in [1.54, 1.807) is 0 Å². The fourth-order valence-electron chi connectivity index (χ4n) is 1.09. The van der Waals surface area contributed by atoms with Gasteiger partial charge in [-0.3, -0.25) is 4.79 Å². The molecule has 1 atom stereocenters. The molecule has 1 aliphatic carbocycles. The molecule has 66 valence electrons. The molecule has 11 heavy (non-hydrogen) atoms. The van der Waals surface area contributed by atoms with Crippen molar-refractivity contribution >= 4 is 18.4 Å². The Morgan fingerprint density at radius 3 is 2.55 bits per heavy atom. The predicted octanol–water partition coefficient (Wildman–Crippen LogP) is 1.01. The first-order valence-electron chi connectivity index (χ1n) is 3.66. The highest BCUT2D eigenvalue weighted by Gasteiger charge is 2.24. The molecule has 3 nitrogen and oxygen atoms in total. The number of carboxylic acids is 1. The standard InChI is InChI=1S/C7H13NO2.ClH/c8-6(4-7(9)10)3-5-1-2-5;/h5-6H,1-4,8H2,(H,9,10);1H/t6-;/m0./s1. The van der Waals surface area contributed by atoms with Gasteiger partial charge in [0.1, 0.15) is 0 Å². The first-order chi connectivity index (χ1) is 4.68. The SMILES string of the molecule is Cl.N[C@H](CC(=O)O)CC1CC1. The Morgan fingerprint density at radius 2 is 2.18 bits per heavy atom. The number of nitrogens with two attached hydrogens (primary N) is 1. The summed E-state index contributed by atoms with van der Waals surface area (Å²) in [5, 5.41) is 8.34. The lowest BCUT2D eigenvalue weighted by Gasteiger charge is -2.05. The molecule has 1 fully saturated rings. The minimum atomic E-state index is -0.784. The zero-order chi connectivity index (χ0) is 7.56. The Kier molecular flexibility index (Phi) is 4.45. The number of hydrogen-bond acceptors (Lipinski definition) is 2. The van der Waals surface area contributed by atoms with Crippen molar-refractivity contribution in [3.63, 3.8) is 0 Å². The monoisotopic (exact) mass is 179 g/mol. The summed E-state index contributed by atoms with van der Waals surface area (Å²) in [6.07, 6.45) is 3.50. The second kappa shape index (κ2) is 4.57. The molecule has 0 aromatic carbocycles. The van der Waals surface area contributed by atoms with Crippen molar-refractivity contribution < 1.29 is 9.90 Å². The van der Waals surface area contributed by atoms with Crippen LogP contribution in [0.1, 0.15) is 25.7 Å². The Balaban J connectivity index is 0.000001000. The molecular weight excluding hydrogens is 166 g/mol. The third-order valence-corrected chi connectivity index (χ3v) is 1.77. The minimum absolute atomic E-state index is 0. The van der Waals surface area contributed by atoms with E-state index in [1.165, 1.54) is 12.8 Å². The summed E-state index contributed by atoms with van der Waals surface area (Å²) in [7, 11) is 0. The van der Waals surface area contributed by atoms with Gasteiger partial charge in [0.05, 0.1) is 6.42 Å². The summed E-state index contributed by atoms with van der Waals surface area (Å²) < 4.78 is 0. The molecule has 0 saturated heterocycles. The van der Waals surface area contributed by atoms with Crippen molar-refractivity contribution in [1.29, 1.82) is 0 Å². The second-order valence-corrected chi connectivity index (χ2v) is 3.04. The van der Waals surface area contributed by atoms with Crippen LogP contribution in [0.3, 0.4) is 0 Å². The highest BCUT2D eigenvalue weighted by Crippen LogP contribution is 2.33. The summed E-state index contributed by atoms with van der Waals surface area (Å²) in [5.41, 5.74) is 5.53. The third-order valence-electron chi connectivity index (χ3n) is 1.77. The van der Waals surface area contributed by atoms with Gasteiger partial charge in [0, 0.05) is 6.04 Å². The molecule has 0 unspecified atom stereocenters. The van der Waals surface area contributed by atoms with Gasteiger partial charge >= 0.3 is 5.97 Å². The number of carboxylic acid groups (broad SMARTS) is 1. The van der Waals surface area contributed by atoms with Crippen LogP contribution in [0.4, 0.5) is 0 Å². The van der Waals surface area contributed by atoms with Crippen molar-refractivity contribution in [3.05, 3.63) is 0 Å². The summed E-state index contributed by atoms with van der Waals surface area (Å²) in [6.45, 7) is 0. The highest BCUT2D eigenvalue weighted by atomic mass is 35.5. The van der Waals surface area contributed by atoms with Gasteiger partial charge in [0.15, 0.2) is 0 Å². The van der Waals surface area contributed by atoms with Gasteiger partial charge in [-0.2, -0.15) is 0 Å². The maximum Gasteiger partial charge on any atom is 0.304 e. The lowest BCUT2D eigenvalue weighted by atomic mass is 10.1. The highest BCUT2D eigenvalue weighted by molar-refractivity contribution is 5.85. The van der Waals surface area contributed by atoms with Crippen LogP contribution >= 0.6 is 12.4 Å². The Bertz CT molecular complexity index is 136. The first kappa shape index (κ1) is 10.7. The largest absolute Gasteiger partial charge is 0.481 e. The molecule has 3 N–H and O–H groups in total. The smallest absolute Gasteiger partial charge is 0.304 e. The van der Waals surface area contributed by atoms with Crippen LogP contribution in [0, 0.1) is 5.92 Å². The Labute approximate surface area is 72.4 Å². The van der Waals surface area contributed by atoms with Gasteiger partial charge < -0.3 is 10.8 Å². The van der Waals surface area contributed by atoms with E-state index in [-0.39, 0.29) is 24.9 Å². The molecule has 0 spiro atoms. The van der Waals surface area contributed by atoms with Gasteiger partial charge in [0.25, 0.3) is 0 Å². The van der Waals surface area contributed by atoms with Crippen LogP contribution < -0.4 is 5.73 Å². The third kappa shape index (κ3) is 5.04. The Hall–Kier alpha value is -0.280. The molecule has 0 heterocycles. The fourth-order valence-corrected chi connectivity index (χ4v) is 1.09. The van der Waals surface area contributed by atoms with Crippen LogP contribution in [0.15, 0.2) is 0 Å². The van der Waals surface area contributed by atoms with E-state index < -0.39 is 5.97 Å². The van der Waals surface area contributed by atoms with Crippen LogP contribution in [0.2, 0.25) is 0 Å². The summed E-state index contributed by atoms with van der Waals surface area (Å²) in [5.74, 6) is -0.0532. The molecule has 4 heteroatoms. The average Bonchev–Trinajstić information content (AvgIpc) is 2.46. The molecular formula is C7H14ClNO2. The predicted molar refractivity (Wildman–Crippen MR) is 44.8 cm³/mol. The van der Waals surface area contributed by atoms with Crippen LogP contribution in [-0.4, -0.2) is 17.1 Å². The first-order valence-corrected chi connectivity index (χ1v) is 3.66. The summed E-state index contributed by atoms with van der Waals surface area (Å²) >= 11 is 0. The van der Waals surface area contributed by atoms with Gasteiger partial charge in [-0.05, 0) is 12.3 Å². The van der Waals surface area contributed by atoms with Gasteiger partial charge in [0.2, 0.25) is 0 Å². The Morgan fingerprint density at radius 1 is 1.64 bits per heavy atom. The van der Waals surface area contributed by atoms with Gasteiger partial charge in [-0.15, -0.1) is 12.4 Å². The van der Waals surface area contributed by atoms with Gasteiger partial charge in [-0.25, -0.2) is 0 Å². The normalized spacial score (nSPS) is 18.6. The van der Waals surface area contributed by atoms with E-state index in [0.29, 0.717) is 0 Å². The maximum absolute atomic E-state index is 10.1.